The number of carbonyl (C=O) groups excluding carboxylic acids is 2. The second-order valence-corrected chi connectivity index (χ2v) is 22.3. The normalized spacial score (nSPS) is 19.2. The fourth-order valence-electron chi connectivity index (χ4n) is 10.2. The molecule has 4 atom stereocenters. The summed E-state index contributed by atoms with van der Waals surface area (Å²) >= 11 is 28.9. The Hall–Kier alpha value is -5.12. The molecule has 5 aromatic carbocycles. The van der Waals surface area contributed by atoms with Gasteiger partial charge in [-0.05, 0) is 127 Å². The van der Waals surface area contributed by atoms with Crippen LogP contribution in [-0.4, -0.2) is 61.0 Å². The molecule has 4 aliphatic rings. The summed E-state index contributed by atoms with van der Waals surface area (Å²) in [7, 11) is 0. The number of nitrogens with zero attached hydrogens (tertiary/aromatic N) is 5. The molecule has 11 rings (SSSR count). The molecule has 0 radical (unpaired) electrons. The second-order valence-electron chi connectivity index (χ2n) is 18.6. The lowest BCUT2D eigenvalue weighted by Gasteiger charge is -2.22. The van der Waals surface area contributed by atoms with Gasteiger partial charge in [-0.15, -0.1) is 0 Å². The number of hydrogen-bond donors (Lipinski definition) is 2. The lowest BCUT2D eigenvalue weighted by Crippen LogP contribution is -2.42. The number of amides is 2. The Kier molecular flexibility index (Phi) is 15.5. The quantitative estimate of drug-likeness (QED) is 0.141. The zero-order chi connectivity index (χ0) is 50.0. The zero-order valence-electron chi connectivity index (χ0n) is 39.1. The van der Waals surface area contributed by atoms with Crippen LogP contribution in [0.15, 0.2) is 115 Å². The van der Waals surface area contributed by atoms with Crippen molar-refractivity contribution in [3.8, 4) is 11.4 Å². The molecule has 2 amide bonds. The summed E-state index contributed by atoms with van der Waals surface area (Å²) in [5.41, 5.74) is 12.7. The number of hydrogen-bond acceptors (Lipinski definition) is 7. The predicted octanol–water partition coefficient (Wildman–Crippen LogP) is 13.9. The molecule has 5 heterocycles. The van der Waals surface area contributed by atoms with E-state index < -0.39 is 0 Å². The first kappa shape index (κ1) is 50.4. The molecule has 7 aromatic rings. The smallest absolute Gasteiger partial charge is 0.284 e. The first-order valence-corrected chi connectivity index (χ1v) is 27.6. The van der Waals surface area contributed by atoms with Gasteiger partial charge in [-0.3, -0.25) is 15.0 Å². The van der Waals surface area contributed by atoms with Crippen LogP contribution in [0.5, 0.6) is 0 Å². The summed E-state index contributed by atoms with van der Waals surface area (Å²) in [6.45, 7) is 3.75. The molecular weight excluding hydrogens is 1030 g/mol. The van der Waals surface area contributed by atoms with Crippen LogP contribution < -0.4 is 10.7 Å². The zero-order valence-corrected chi connectivity index (χ0v) is 43.7. The Morgan fingerprint density at radius 1 is 0.722 bits per heavy atom. The van der Waals surface area contributed by atoms with Gasteiger partial charge in [0.05, 0.1) is 38.8 Å². The summed E-state index contributed by atoms with van der Waals surface area (Å²) in [4.78, 5) is 27.5. The Morgan fingerprint density at radius 2 is 1.32 bits per heavy atom. The van der Waals surface area contributed by atoms with Crippen LogP contribution in [0.4, 0.5) is 8.78 Å². The van der Waals surface area contributed by atoms with Crippen LogP contribution in [0, 0.1) is 23.5 Å². The summed E-state index contributed by atoms with van der Waals surface area (Å²) in [6, 6.07) is 32.9. The van der Waals surface area contributed by atoms with Crippen molar-refractivity contribution in [1.82, 2.24) is 35.3 Å². The van der Waals surface area contributed by atoms with E-state index in [9.17, 15) is 18.4 Å². The van der Waals surface area contributed by atoms with Gasteiger partial charge in [0.1, 0.15) is 23.0 Å². The number of thioether (sulfide) groups is 2. The van der Waals surface area contributed by atoms with Gasteiger partial charge in [0.2, 0.25) is 0 Å². The Balaban J connectivity index is 0.000000166. The van der Waals surface area contributed by atoms with E-state index in [0.717, 1.165) is 75.8 Å². The van der Waals surface area contributed by atoms with Crippen LogP contribution in [0.25, 0.3) is 23.0 Å². The highest BCUT2D eigenvalue weighted by molar-refractivity contribution is 7.99. The number of nitrogens with one attached hydrogen (secondary N) is 2. The van der Waals surface area contributed by atoms with Gasteiger partial charge in [-0.25, -0.2) is 23.2 Å². The third-order valence-electron chi connectivity index (χ3n) is 13.7. The van der Waals surface area contributed by atoms with Gasteiger partial charge in [-0.1, -0.05) is 107 Å². The molecule has 9 nitrogen and oxygen atoms in total. The lowest BCUT2D eigenvalue weighted by atomic mass is 9.94. The molecule has 72 heavy (non-hydrogen) atoms. The van der Waals surface area contributed by atoms with Crippen LogP contribution in [0.2, 0.25) is 20.1 Å². The topological polar surface area (TPSA) is 97.1 Å². The third kappa shape index (κ3) is 11.0. The highest BCUT2D eigenvalue weighted by Crippen LogP contribution is 2.41. The molecule has 17 heteroatoms. The maximum Gasteiger partial charge on any atom is 0.284 e. The van der Waals surface area contributed by atoms with E-state index in [-0.39, 0.29) is 35.4 Å². The number of carbonyl (C=O) groups is 2. The number of halogens is 6. The molecule has 3 unspecified atom stereocenters. The van der Waals surface area contributed by atoms with Gasteiger partial charge in [0, 0.05) is 63.2 Å². The second kappa shape index (κ2) is 22.2. The minimum absolute atomic E-state index is 0.106. The number of benzene rings is 5. The number of hydrazine groups is 1. The summed E-state index contributed by atoms with van der Waals surface area (Å²) < 4.78 is 30.2. The van der Waals surface area contributed by atoms with Gasteiger partial charge >= 0.3 is 0 Å². The highest BCUT2D eigenvalue weighted by Gasteiger charge is 2.39. The molecule has 370 valence electrons. The van der Waals surface area contributed by atoms with Gasteiger partial charge in [0.25, 0.3) is 11.8 Å². The monoisotopic (exact) mass is 1080 g/mol. The fourth-order valence-corrected chi connectivity index (χ4v) is 13.3. The Bertz CT molecular complexity index is 3160. The molecule has 3 aliphatic heterocycles. The van der Waals surface area contributed by atoms with Crippen LogP contribution in [-0.2, 0) is 17.9 Å². The van der Waals surface area contributed by atoms with Crippen LogP contribution in [0.1, 0.15) is 98.3 Å². The molecule has 1 saturated heterocycles. The van der Waals surface area contributed by atoms with E-state index in [1.54, 1.807) is 75.4 Å². The maximum absolute atomic E-state index is 13.8. The average Bonchev–Trinajstić information content (AvgIpc) is 4.16. The van der Waals surface area contributed by atoms with Crippen molar-refractivity contribution in [1.29, 1.82) is 0 Å². The molecule has 2 N–H and O–H groups in total. The number of rotatable bonds is 10. The SMILES string of the molecule is C[C@H](NC(=O)c1c2c(nn1-c1ccc(Cl)cc1Cl)/C(=C/c1ccc(F)cc1)CSC2)c1ccccc1.O=C(NN1CC2CCCC2C1)c1c2c(nn1-c1ccc(Cl)cc1Cl)C(Cc1ccc(F)cc1)CSC2. The van der Waals surface area contributed by atoms with E-state index in [0.29, 0.717) is 66.2 Å². The highest BCUT2D eigenvalue weighted by atomic mass is 35.5. The standard InChI is InChI=1S/C28H22Cl2FN3OS.C27H27Cl2FN4OS/c1-17(19-5-3-2-4-6-19)32-28(35)27-23-16-36-15-20(13-18-7-10-22(31)11-8-18)26(23)33-34(27)25-12-9-21(29)14-24(25)30;28-20-6-9-24(23(29)11-20)34-26(27(35)32-33-12-17-2-1-3-18(17)13-33)22-15-36-14-19(25(22)31-34)10-16-4-7-21(30)8-5-16/h2-14,17H,15-16H2,1H3,(H,32,35);4-9,11,17-19H,1-3,10,12-15H2,(H,32,35)/b20-13+;/t17-;/m0./s1. The molecule has 2 aromatic heterocycles. The van der Waals surface area contributed by atoms with Crippen molar-refractivity contribution >= 4 is 93.4 Å². The van der Waals surface area contributed by atoms with Crippen LogP contribution >= 0.6 is 69.9 Å². The predicted molar refractivity (Wildman–Crippen MR) is 289 cm³/mol. The van der Waals surface area contributed by atoms with Crippen molar-refractivity contribution in [2.75, 3.05) is 24.6 Å². The summed E-state index contributed by atoms with van der Waals surface area (Å²) in [5.74, 6) is 3.45. The number of aromatic nitrogens is 4. The minimum Gasteiger partial charge on any atom is -0.344 e. The van der Waals surface area contributed by atoms with Crippen molar-refractivity contribution in [2.45, 2.75) is 56.1 Å². The first-order chi connectivity index (χ1) is 34.9. The average molecular weight is 1080 g/mol. The lowest BCUT2D eigenvalue weighted by molar-refractivity contribution is 0.0805. The molecule has 0 spiro atoms. The molecule has 0 bridgehead atoms. The van der Waals surface area contributed by atoms with Crippen molar-refractivity contribution in [3.05, 3.63) is 198 Å². The van der Waals surface area contributed by atoms with Crippen LogP contribution in [0.3, 0.4) is 0 Å². The molecular formula is C55H49Cl4F2N7O2S2. The Morgan fingerprint density at radius 3 is 1.96 bits per heavy atom. The molecule has 2 fully saturated rings. The van der Waals surface area contributed by atoms with Gasteiger partial charge in [-0.2, -0.15) is 33.7 Å². The van der Waals surface area contributed by atoms with Gasteiger partial charge < -0.3 is 5.32 Å². The van der Waals surface area contributed by atoms with E-state index in [1.807, 2.05) is 61.5 Å². The van der Waals surface area contributed by atoms with E-state index in [4.69, 9.17) is 56.6 Å². The summed E-state index contributed by atoms with van der Waals surface area (Å²) in [6.07, 6.45) is 6.49. The molecule has 1 saturated carbocycles. The van der Waals surface area contributed by atoms with E-state index in [1.165, 1.54) is 43.5 Å². The van der Waals surface area contributed by atoms with Gasteiger partial charge in [0.15, 0.2) is 0 Å². The van der Waals surface area contributed by atoms with E-state index >= 15 is 0 Å². The molecule has 1 aliphatic carbocycles. The minimum atomic E-state index is -0.288. The third-order valence-corrected chi connectivity index (χ3v) is 16.9. The number of fused-ring (bicyclic) bond motifs is 3. The van der Waals surface area contributed by atoms with Crippen molar-refractivity contribution < 1.29 is 18.4 Å². The first-order valence-electron chi connectivity index (χ1n) is 23.8. The van der Waals surface area contributed by atoms with Crippen molar-refractivity contribution in [3.63, 3.8) is 0 Å². The summed E-state index contributed by atoms with van der Waals surface area (Å²) in [5, 5.41) is 16.9. The largest absolute Gasteiger partial charge is 0.344 e. The van der Waals surface area contributed by atoms with E-state index in [2.05, 4.69) is 15.8 Å². The fraction of sp³-hybridized carbons (Fsp3) is 0.273. The van der Waals surface area contributed by atoms with Crippen molar-refractivity contribution in [2.24, 2.45) is 11.8 Å². The maximum atomic E-state index is 13.8. The Labute approximate surface area is 445 Å².